The van der Waals surface area contributed by atoms with Crippen molar-refractivity contribution in [2.75, 3.05) is 57.0 Å². The number of likely N-dealkylation sites (N-methyl/N-ethyl adjacent to an activating group) is 1. The third-order valence-electron chi connectivity index (χ3n) is 8.95. The molecule has 2 aromatic carbocycles. The molecule has 0 aliphatic carbocycles. The van der Waals surface area contributed by atoms with E-state index in [1.165, 1.54) is 11.3 Å². The summed E-state index contributed by atoms with van der Waals surface area (Å²) < 4.78 is 23.7. The average molecular weight is 611 g/mol. The molecule has 0 radical (unpaired) electrons. The Balaban J connectivity index is 1.33. The molecule has 3 saturated heterocycles. The molecule has 3 aliphatic heterocycles. The van der Waals surface area contributed by atoms with E-state index in [4.69, 9.17) is 32.8 Å². The van der Waals surface area contributed by atoms with Gasteiger partial charge in [0.05, 0.1) is 15.2 Å². The summed E-state index contributed by atoms with van der Waals surface area (Å²) in [4.78, 5) is 31.7. The number of primary amides is 1. The van der Waals surface area contributed by atoms with E-state index in [1.54, 1.807) is 17.0 Å². The highest BCUT2D eigenvalue weighted by Crippen LogP contribution is 2.44. The number of urea groups is 1. The van der Waals surface area contributed by atoms with Crippen molar-refractivity contribution in [1.29, 1.82) is 0 Å². The molecule has 0 unspecified atom stereocenters. The third kappa shape index (κ3) is 4.65. The van der Waals surface area contributed by atoms with Gasteiger partial charge in [0.1, 0.15) is 17.9 Å². The zero-order valence-corrected chi connectivity index (χ0v) is 24.8. The number of para-hydroxylation sites is 1. The Morgan fingerprint density at radius 2 is 2.02 bits per heavy atom. The smallest absolute Gasteiger partial charge is 0.319 e. The van der Waals surface area contributed by atoms with Crippen molar-refractivity contribution in [3.63, 3.8) is 0 Å². The van der Waals surface area contributed by atoms with Gasteiger partial charge in [0, 0.05) is 54.1 Å². The molecule has 1 spiro atoms. The van der Waals surface area contributed by atoms with E-state index < -0.39 is 11.8 Å². The number of aromatic nitrogens is 3. The average Bonchev–Trinajstić information content (AvgIpc) is 3.54. The number of ether oxygens (including phenoxy) is 1. The molecule has 0 bridgehead atoms. The number of carbonyl (C=O) groups excluding carboxylic acids is 1. The first-order valence-electron chi connectivity index (χ1n) is 14.2. The fourth-order valence-corrected chi connectivity index (χ4v) is 7.86. The van der Waals surface area contributed by atoms with Crippen LogP contribution < -0.4 is 21.1 Å². The van der Waals surface area contributed by atoms with E-state index in [-0.39, 0.29) is 33.6 Å². The summed E-state index contributed by atoms with van der Waals surface area (Å²) >= 11 is 8.19. The third-order valence-corrected chi connectivity index (χ3v) is 10.1. The summed E-state index contributed by atoms with van der Waals surface area (Å²) in [6.07, 6.45) is 4.02. The quantitative estimate of drug-likeness (QED) is 0.332. The highest BCUT2D eigenvalue weighted by Gasteiger charge is 2.47. The van der Waals surface area contributed by atoms with Crippen LogP contribution in [0, 0.1) is 11.2 Å². The maximum atomic E-state index is 16.7. The van der Waals surface area contributed by atoms with Crippen LogP contribution in [0.3, 0.4) is 0 Å². The first-order chi connectivity index (χ1) is 20.2. The zero-order chi connectivity index (χ0) is 29.2. The summed E-state index contributed by atoms with van der Waals surface area (Å²) in [5.41, 5.74) is 12.9. The molecule has 3 fully saturated rings. The molecule has 220 valence electrons. The number of hydrogen-bond donors (Lipinski definition) is 2. The Morgan fingerprint density at radius 1 is 1.19 bits per heavy atom. The Kier molecular flexibility index (Phi) is 6.74. The van der Waals surface area contributed by atoms with Crippen LogP contribution in [-0.4, -0.2) is 83.2 Å². The van der Waals surface area contributed by atoms with E-state index in [0.29, 0.717) is 53.7 Å². The number of nitrogen functional groups attached to an aromatic ring is 1. The molecule has 3 aliphatic rings. The van der Waals surface area contributed by atoms with Gasteiger partial charge in [0.2, 0.25) is 0 Å². The summed E-state index contributed by atoms with van der Waals surface area (Å²) in [5, 5.41) is 1.15. The monoisotopic (exact) mass is 610 g/mol. The number of fused-ring (bicyclic) bond motifs is 2. The number of nitrogens with two attached hydrogens (primary N) is 2. The Labute approximate surface area is 251 Å². The van der Waals surface area contributed by atoms with E-state index in [1.807, 2.05) is 12.1 Å². The Hall–Kier alpha value is -3.48. The molecule has 7 rings (SSSR count). The van der Waals surface area contributed by atoms with Crippen LogP contribution in [0.25, 0.3) is 32.2 Å². The highest BCUT2D eigenvalue weighted by atomic mass is 35.5. The van der Waals surface area contributed by atoms with Crippen molar-refractivity contribution < 1.29 is 13.9 Å². The minimum absolute atomic E-state index is 0.0827. The first kappa shape index (κ1) is 27.4. The van der Waals surface area contributed by atoms with Gasteiger partial charge in [-0.3, -0.25) is 0 Å². The SMILES string of the molecule is CN1CCC[C@H]1COc1nc(N2CCCC3(CN(C(N)=O)C3)C2)c2cc(Cl)c(-c3cccc4sc(N)nc34)c(F)c2n1. The van der Waals surface area contributed by atoms with Gasteiger partial charge in [-0.25, -0.2) is 14.2 Å². The number of halogens is 2. The van der Waals surface area contributed by atoms with E-state index in [2.05, 4.69) is 26.8 Å². The number of hydrogen-bond acceptors (Lipinski definition) is 9. The van der Waals surface area contributed by atoms with Crippen LogP contribution in [0.15, 0.2) is 24.3 Å². The second-order valence-corrected chi connectivity index (χ2v) is 13.3. The zero-order valence-electron chi connectivity index (χ0n) is 23.3. The number of nitrogens with zero attached hydrogens (tertiary/aromatic N) is 6. The summed E-state index contributed by atoms with van der Waals surface area (Å²) in [5.74, 6) is 0.0214. The molecule has 2 aromatic heterocycles. The number of carbonyl (C=O) groups is 1. The lowest BCUT2D eigenvalue weighted by molar-refractivity contribution is 0.0227. The molecule has 5 heterocycles. The largest absolute Gasteiger partial charge is 0.462 e. The van der Waals surface area contributed by atoms with Crippen molar-refractivity contribution in [3.8, 4) is 17.1 Å². The number of likely N-dealkylation sites (tertiary alicyclic amines) is 2. The lowest BCUT2D eigenvalue weighted by atomic mass is 9.73. The number of thiazole rings is 1. The van der Waals surface area contributed by atoms with Gasteiger partial charge in [0.15, 0.2) is 10.9 Å². The fraction of sp³-hybridized carbons (Fsp3) is 0.448. The maximum absolute atomic E-state index is 16.7. The molecule has 1 atom stereocenters. The molecule has 0 saturated carbocycles. The second kappa shape index (κ2) is 10.4. The number of benzene rings is 2. The topological polar surface area (TPSA) is 127 Å². The standard InChI is InChI=1S/C29H32ClFN8O2S/c1-37-9-3-5-16(37)12-41-28-35-24-18(25(36-28)38-10-4-8-29(13-38)14-39(15-29)27(33)40)11-19(30)21(22(24)31)17-6-2-7-20-23(17)34-26(32)42-20/h2,6-7,11,16H,3-5,8-10,12-15H2,1H3,(H2,32,34)(H2,33,40)/t16-/m0/s1. The summed E-state index contributed by atoms with van der Waals surface area (Å²) in [7, 11) is 2.08. The van der Waals surface area contributed by atoms with Gasteiger partial charge in [-0.15, -0.1) is 0 Å². The van der Waals surface area contributed by atoms with E-state index in [0.717, 1.165) is 43.5 Å². The summed E-state index contributed by atoms with van der Waals surface area (Å²) in [6.45, 7) is 4.01. The predicted octanol–water partition coefficient (Wildman–Crippen LogP) is 4.74. The molecular formula is C29H32ClFN8O2S. The van der Waals surface area contributed by atoms with Crippen LogP contribution in [0.1, 0.15) is 25.7 Å². The molecule has 4 N–H and O–H groups in total. The number of amides is 2. The minimum Gasteiger partial charge on any atom is -0.462 e. The van der Waals surface area contributed by atoms with Gasteiger partial charge in [-0.05, 0) is 51.4 Å². The highest BCUT2D eigenvalue weighted by molar-refractivity contribution is 7.22. The normalized spacial score (nSPS) is 20.5. The molecule has 4 aromatic rings. The minimum atomic E-state index is -0.557. The number of anilines is 2. The molecule has 2 amide bonds. The van der Waals surface area contributed by atoms with Crippen LogP contribution in [-0.2, 0) is 0 Å². The molecule has 42 heavy (non-hydrogen) atoms. The first-order valence-corrected chi connectivity index (χ1v) is 15.4. The van der Waals surface area contributed by atoms with Gasteiger partial charge in [0.25, 0.3) is 0 Å². The Morgan fingerprint density at radius 3 is 2.79 bits per heavy atom. The van der Waals surface area contributed by atoms with Crippen molar-refractivity contribution in [2.24, 2.45) is 11.1 Å². The van der Waals surface area contributed by atoms with Crippen LogP contribution in [0.4, 0.5) is 20.1 Å². The van der Waals surface area contributed by atoms with Crippen molar-refractivity contribution in [2.45, 2.75) is 31.7 Å². The van der Waals surface area contributed by atoms with Crippen LogP contribution >= 0.6 is 22.9 Å². The lowest BCUT2D eigenvalue weighted by Gasteiger charge is -2.54. The fourth-order valence-electron chi connectivity index (χ4n) is 6.81. The Bertz CT molecular complexity index is 1710. The van der Waals surface area contributed by atoms with E-state index >= 15 is 4.39 Å². The molecular weight excluding hydrogens is 579 g/mol. The lowest BCUT2D eigenvalue weighted by Crippen LogP contribution is -2.65. The van der Waals surface area contributed by atoms with Crippen LogP contribution in [0.5, 0.6) is 6.01 Å². The van der Waals surface area contributed by atoms with E-state index in [9.17, 15) is 4.79 Å². The summed E-state index contributed by atoms with van der Waals surface area (Å²) in [6, 6.07) is 7.25. The van der Waals surface area contributed by atoms with Gasteiger partial charge >= 0.3 is 12.0 Å². The van der Waals surface area contributed by atoms with Gasteiger partial charge < -0.3 is 30.9 Å². The van der Waals surface area contributed by atoms with Crippen molar-refractivity contribution in [3.05, 3.63) is 35.1 Å². The predicted molar refractivity (Wildman–Crippen MR) is 164 cm³/mol. The number of rotatable bonds is 5. The maximum Gasteiger partial charge on any atom is 0.319 e. The number of piperidine rings is 1. The van der Waals surface area contributed by atoms with Crippen molar-refractivity contribution in [1.82, 2.24) is 24.8 Å². The second-order valence-electron chi connectivity index (χ2n) is 11.8. The molecule has 13 heteroatoms. The molecule has 10 nitrogen and oxygen atoms in total. The van der Waals surface area contributed by atoms with Gasteiger partial charge in [-0.1, -0.05) is 35.1 Å². The van der Waals surface area contributed by atoms with Gasteiger partial charge in [-0.2, -0.15) is 9.97 Å². The van der Waals surface area contributed by atoms with Crippen molar-refractivity contribution >= 4 is 61.0 Å². The van der Waals surface area contributed by atoms with Crippen LogP contribution in [0.2, 0.25) is 5.02 Å².